The van der Waals surface area contributed by atoms with Crippen LogP contribution in [0.15, 0.2) is 30.3 Å². The van der Waals surface area contributed by atoms with Gasteiger partial charge in [-0.15, -0.1) is 0 Å². The van der Waals surface area contributed by atoms with Gasteiger partial charge in [-0.25, -0.2) is 39.4 Å². The van der Waals surface area contributed by atoms with Gasteiger partial charge in [-0.1, -0.05) is 88.1 Å². The molecule has 1 rings (SSSR count). The van der Waals surface area contributed by atoms with E-state index < -0.39 is 39.0 Å². The van der Waals surface area contributed by atoms with E-state index in [-0.39, 0.29) is 19.6 Å². The molecule has 0 saturated heterocycles. The van der Waals surface area contributed by atoms with E-state index in [0.29, 0.717) is 57.8 Å². The monoisotopic (exact) mass is 698 g/mol. The highest BCUT2D eigenvalue weighted by atomic mass is 32.3. The largest absolute Gasteiger partial charge is 0.337 e. The summed E-state index contributed by atoms with van der Waals surface area (Å²) in [4.78, 5) is 0. The molecule has 0 radical (unpaired) electrons. The van der Waals surface area contributed by atoms with Crippen molar-refractivity contribution < 1.29 is 25.3 Å². The number of hydrogen-bond donors (Lipinski definition) is 3. The van der Waals surface area contributed by atoms with Gasteiger partial charge in [0.05, 0.1) is 18.2 Å². The van der Waals surface area contributed by atoms with Gasteiger partial charge in [0.15, 0.2) is 0 Å². The van der Waals surface area contributed by atoms with E-state index in [0.717, 1.165) is 57.8 Å². The Morgan fingerprint density at radius 3 is 1.04 bits per heavy atom. The van der Waals surface area contributed by atoms with Gasteiger partial charge in [0, 0.05) is 44.5 Å². The molecule has 0 unspecified atom stereocenters. The number of sulfonamides is 3. The number of unbranched alkanes of at least 4 members (excludes halogenated alkanes) is 15. The van der Waals surface area contributed by atoms with E-state index in [2.05, 4.69) is 32.4 Å². The number of nitriles is 3. The van der Waals surface area contributed by atoms with Crippen LogP contribution >= 0.6 is 0 Å². The van der Waals surface area contributed by atoms with E-state index in [1.54, 1.807) is 6.07 Å². The number of benzene rings is 1. The first kappa shape index (κ1) is 41.4. The van der Waals surface area contributed by atoms with Gasteiger partial charge >= 0.3 is 3.41 Å². The van der Waals surface area contributed by atoms with E-state index in [1.165, 1.54) is 24.3 Å². The number of hydrogen-bond acceptors (Lipinski definition) is 9. The van der Waals surface area contributed by atoms with Gasteiger partial charge in [-0.2, -0.15) is 15.8 Å². The average Bonchev–Trinajstić information content (AvgIpc) is 3.01. The first-order valence-corrected chi connectivity index (χ1v) is 20.6. The molecule has 15 heteroatoms. The average molecular weight is 699 g/mol. The molecule has 0 heterocycles. The van der Waals surface area contributed by atoms with Crippen LogP contribution in [0.5, 0.6) is 0 Å². The number of rotatable bonds is 28. The topological polar surface area (TPSA) is 210 Å². The molecule has 258 valence electrons. The van der Waals surface area contributed by atoms with E-state index >= 15 is 0 Å². The van der Waals surface area contributed by atoms with Crippen LogP contribution < -0.4 is 14.2 Å². The Hall–Kier alpha value is -2.58. The Kier molecular flexibility index (Phi) is 20.6. The highest BCUT2D eigenvalue weighted by Gasteiger charge is 2.66. The third-order valence-corrected chi connectivity index (χ3v) is 16.0. The minimum Gasteiger partial charge on any atom is -0.213 e. The highest BCUT2D eigenvalue weighted by Crippen LogP contribution is 2.40. The molecule has 0 fully saturated rings. The number of nitrogens with one attached hydrogen (secondary N) is 3. The van der Waals surface area contributed by atoms with Crippen molar-refractivity contribution in [1.82, 2.24) is 14.2 Å². The standard InChI is InChI=1S/C31H50N6O6S3/c32-24-16-7-1-4-10-19-27-35-44(38,39)31(30-22-14-13-15-23-30,45(40,41)36-28-20-11-5-2-8-17-25-33)46(42,43)37-29-21-12-6-3-9-18-26-34/h13-15,22-23,35-37H,1-12,16-21,27-29H2. The Bertz CT molecular complexity index is 1300. The molecule has 0 bridgehead atoms. The van der Waals surface area contributed by atoms with E-state index in [1.807, 2.05) is 0 Å². The van der Waals surface area contributed by atoms with Crippen LogP contribution in [0.4, 0.5) is 0 Å². The zero-order valence-electron chi connectivity index (χ0n) is 26.8. The van der Waals surface area contributed by atoms with Crippen molar-refractivity contribution in [3.8, 4) is 18.2 Å². The molecule has 0 amide bonds. The number of nitrogens with zero attached hydrogens (tertiary/aromatic N) is 3. The van der Waals surface area contributed by atoms with Crippen LogP contribution in [0.3, 0.4) is 0 Å². The minimum absolute atomic E-state index is 0.161. The van der Waals surface area contributed by atoms with Gasteiger partial charge < -0.3 is 0 Å². The van der Waals surface area contributed by atoms with Crippen molar-refractivity contribution in [2.45, 2.75) is 119 Å². The first-order valence-electron chi connectivity index (χ1n) is 16.2. The summed E-state index contributed by atoms with van der Waals surface area (Å²) in [6, 6.07) is 12.9. The summed E-state index contributed by atoms with van der Waals surface area (Å²) >= 11 is 0. The molecule has 46 heavy (non-hydrogen) atoms. The lowest BCUT2D eigenvalue weighted by Gasteiger charge is -2.33. The summed E-state index contributed by atoms with van der Waals surface area (Å²) < 4.78 is 88.4. The van der Waals surface area contributed by atoms with Crippen LogP contribution in [-0.2, 0) is 33.5 Å². The van der Waals surface area contributed by atoms with E-state index in [9.17, 15) is 25.3 Å². The molecule has 1 aromatic carbocycles. The molecule has 0 aliphatic heterocycles. The van der Waals surface area contributed by atoms with E-state index in [4.69, 9.17) is 15.8 Å². The zero-order chi connectivity index (χ0) is 34.2. The third kappa shape index (κ3) is 13.3. The fourth-order valence-corrected chi connectivity index (χ4v) is 12.7. The molecule has 0 saturated carbocycles. The van der Waals surface area contributed by atoms with Gasteiger partial charge in [0.2, 0.25) is 0 Å². The molecule has 0 aliphatic rings. The Morgan fingerprint density at radius 2 is 0.739 bits per heavy atom. The van der Waals surface area contributed by atoms with Crippen LogP contribution in [-0.4, -0.2) is 44.9 Å². The summed E-state index contributed by atoms with van der Waals surface area (Å²) in [5, 5.41) is 26.1. The predicted molar refractivity (Wildman–Crippen MR) is 179 cm³/mol. The van der Waals surface area contributed by atoms with Crippen LogP contribution in [0.25, 0.3) is 0 Å². The van der Waals surface area contributed by atoms with Gasteiger partial charge in [-0.3, -0.25) is 0 Å². The molecular weight excluding hydrogens is 649 g/mol. The minimum atomic E-state index is -5.12. The smallest absolute Gasteiger partial charge is 0.213 e. The van der Waals surface area contributed by atoms with Crippen molar-refractivity contribution in [1.29, 1.82) is 15.8 Å². The Balaban J connectivity index is 3.31. The van der Waals surface area contributed by atoms with Gasteiger partial charge in [-0.05, 0) is 38.5 Å². The summed E-state index contributed by atoms with van der Waals surface area (Å²) in [5.74, 6) is 0. The highest BCUT2D eigenvalue weighted by molar-refractivity contribution is 8.23. The molecule has 3 N–H and O–H groups in total. The maximum Gasteiger partial charge on any atom is 0.337 e. The lowest BCUT2D eigenvalue weighted by atomic mass is 10.1. The Morgan fingerprint density at radius 1 is 0.457 bits per heavy atom. The summed E-state index contributed by atoms with van der Waals surface area (Å²) in [6.45, 7) is -0.483. The SMILES string of the molecule is N#CCCCCCCCNS(=O)(=O)C(c1ccccc1)(S(=O)(=O)NCCCCCCCC#N)S(=O)(=O)NCCCCCCCC#N. The zero-order valence-corrected chi connectivity index (χ0v) is 29.2. The maximum absolute atomic E-state index is 14.2. The second-order valence-corrected chi connectivity index (χ2v) is 17.6. The summed E-state index contributed by atoms with van der Waals surface area (Å²) in [7, 11) is -15.4. The molecule has 12 nitrogen and oxygen atoms in total. The van der Waals surface area contributed by atoms with Crippen molar-refractivity contribution in [3.05, 3.63) is 35.9 Å². The fourth-order valence-electron chi connectivity index (χ4n) is 5.02. The normalized spacial score (nSPS) is 12.3. The molecule has 0 aliphatic carbocycles. The van der Waals surface area contributed by atoms with Crippen LogP contribution in [0.1, 0.15) is 121 Å². The summed E-state index contributed by atoms with van der Waals surface area (Å²) in [6.07, 6.45) is 11.0. The third-order valence-electron chi connectivity index (χ3n) is 7.46. The van der Waals surface area contributed by atoms with Crippen molar-refractivity contribution in [2.75, 3.05) is 19.6 Å². The van der Waals surface area contributed by atoms with Crippen LogP contribution in [0.2, 0.25) is 0 Å². The van der Waals surface area contributed by atoms with Gasteiger partial charge in [0.25, 0.3) is 30.1 Å². The lowest BCUT2D eigenvalue weighted by molar-refractivity contribution is 0.526. The maximum atomic E-state index is 14.2. The molecule has 1 aromatic rings. The van der Waals surface area contributed by atoms with Crippen molar-refractivity contribution in [3.63, 3.8) is 0 Å². The second kappa shape index (κ2) is 22.9. The molecule has 0 spiro atoms. The van der Waals surface area contributed by atoms with Crippen LogP contribution in [0, 0.1) is 34.0 Å². The summed E-state index contributed by atoms with van der Waals surface area (Å²) in [5.41, 5.74) is -0.424. The molecular formula is C31H50N6O6S3. The predicted octanol–water partition coefficient (Wildman–Crippen LogP) is 5.15. The molecule has 0 atom stereocenters. The quantitative estimate of drug-likeness (QED) is 0.0987. The fraction of sp³-hybridized carbons (Fsp3) is 0.710. The molecule has 0 aromatic heterocycles. The Labute approximate surface area is 277 Å². The van der Waals surface area contributed by atoms with Crippen molar-refractivity contribution >= 4 is 30.1 Å². The lowest BCUT2D eigenvalue weighted by Crippen LogP contribution is -2.61. The van der Waals surface area contributed by atoms with Gasteiger partial charge in [0.1, 0.15) is 0 Å². The second-order valence-electron chi connectivity index (χ2n) is 11.1. The first-order chi connectivity index (χ1) is 22.0. The van der Waals surface area contributed by atoms with Crippen molar-refractivity contribution in [2.24, 2.45) is 0 Å².